The van der Waals surface area contributed by atoms with Gasteiger partial charge in [0.15, 0.2) is 0 Å². The molecule has 146 valence electrons. The van der Waals surface area contributed by atoms with Crippen LogP contribution in [0.2, 0.25) is 0 Å². The fourth-order valence-corrected chi connectivity index (χ4v) is 2.71. The SMILES string of the molecule is CC(C)(CCCCOc1cc(-c2ccccc2)cc(C(C)(C)C)n1)C(=O)O. The Morgan fingerprint density at radius 2 is 1.67 bits per heavy atom. The van der Waals surface area contributed by atoms with E-state index < -0.39 is 11.4 Å². The average molecular weight is 370 g/mol. The van der Waals surface area contributed by atoms with Gasteiger partial charge in [0.05, 0.1) is 17.7 Å². The summed E-state index contributed by atoms with van der Waals surface area (Å²) in [5, 5.41) is 9.18. The minimum atomic E-state index is -0.754. The number of carboxylic acids is 1. The van der Waals surface area contributed by atoms with Crippen molar-refractivity contribution >= 4 is 5.97 Å². The molecule has 1 N–H and O–H groups in total. The van der Waals surface area contributed by atoms with Gasteiger partial charge in [-0.1, -0.05) is 51.1 Å². The van der Waals surface area contributed by atoms with Gasteiger partial charge in [0.25, 0.3) is 0 Å². The molecule has 0 spiro atoms. The number of ether oxygens (including phenoxy) is 1. The summed E-state index contributed by atoms with van der Waals surface area (Å²) in [7, 11) is 0. The molecule has 2 aromatic rings. The Morgan fingerprint density at radius 1 is 1.00 bits per heavy atom. The normalized spacial score (nSPS) is 12.0. The smallest absolute Gasteiger partial charge is 0.309 e. The Labute approximate surface area is 162 Å². The summed E-state index contributed by atoms with van der Waals surface area (Å²) < 4.78 is 5.92. The van der Waals surface area contributed by atoms with Crippen LogP contribution >= 0.6 is 0 Å². The maximum atomic E-state index is 11.2. The minimum Gasteiger partial charge on any atom is -0.481 e. The van der Waals surface area contributed by atoms with Gasteiger partial charge < -0.3 is 9.84 Å². The van der Waals surface area contributed by atoms with Gasteiger partial charge in [0.2, 0.25) is 5.88 Å². The highest BCUT2D eigenvalue weighted by Crippen LogP contribution is 2.30. The zero-order valence-corrected chi connectivity index (χ0v) is 17.1. The molecule has 0 aliphatic heterocycles. The topological polar surface area (TPSA) is 59.4 Å². The van der Waals surface area contributed by atoms with Crippen molar-refractivity contribution in [2.75, 3.05) is 6.61 Å². The quantitative estimate of drug-likeness (QED) is 0.606. The minimum absolute atomic E-state index is 0.0750. The summed E-state index contributed by atoms with van der Waals surface area (Å²) in [5.41, 5.74) is 2.46. The van der Waals surface area contributed by atoms with E-state index in [4.69, 9.17) is 4.74 Å². The predicted molar refractivity (Wildman–Crippen MR) is 109 cm³/mol. The average Bonchev–Trinajstić information content (AvgIpc) is 2.61. The Kier molecular flexibility index (Phi) is 6.63. The van der Waals surface area contributed by atoms with Crippen LogP contribution in [-0.2, 0) is 10.2 Å². The van der Waals surface area contributed by atoms with Crippen LogP contribution in [0.3, 0.4) is 0 Å². The van der Waals surface area contributed by atoms with Crippen LogP contribution in [0.1, 0.15) is 59.6 Å². The number of unbranched alkanes of at least 4 members (excludes halogenated alkanes) is 1. The lowest BCUT2D eigenvalue weighted by molar-refractivity contribution is -0.147. The van der Waals surface area contributed by atoms with Gasteiger partial charge in [-0.3, -0.25) is 4.79 Å². The van der Waals surface area contributed by atoms with E-state index in [1.807, 2.05) is 24.3 Å². The molecule has 0 aliphatic carbocycles. The first-order chi connectivity index (χ1) is 12.6. The van der Waals surface area contributed by atoms with E-state index in [2.05, 4.69) is 44.0 Å². The fraction of sp³-hybridized carbons (Fsp3) is 0.478. The Balaban J connectivity index is 2.07. The lowest BCUT2D eigenvalue weighted by Crippen LogP contribution is -2.23. The molecule has 0 aliphatic rings. The molecule has 1 aromatic heterocycles. The van der Waals surface area contributed by atoms with Crippen molar-refractivity contribution in [3.8, 4) is 17.0 Å². The van der Waals surface area contributed by atoms with Crippen LogP contribution in [0.5, 0.6) is 5.88 Å². The van der Waals surface area contributed by atoms with Crippen molar-refractivity contribution < 1.29 is 14.6 Å². The highest BCUT2D eigenvalue weighted by molar-refractivity contribution is 5.73. The first kappa shape index (κ1) is 20.9. The maximum Gasteiger partial charge on any atom is 0.309 e. The van der Waals surface area contributed by atoms with Crippen LogP contribution < -0.4 is 4.74 Å². The van der Waals surface area contributed by atoms with Gasteiger partial charge in [0, 0.05) is 11.5 Å². The summed E-state index contributed by atoms with van der Waals surface area (Å²) in [6, 6.07) is 14.3. The van der Waals surface area contributed by atoms with Crippen LogP contribution in [0.4, 0.5) is 0 Å². The fourth-order valence-electron chi connectivity index (χ4n) is 2.71. The van der Waals surface area contributed by atoms with Gasteiger partial charge >= 0.3 is 5.97 Å². The first-order valence-electron chi connectivity index (χ1n) is 9.54. The molecule has 0 atom stereocenters. The highest BCUT2D eigenvalue weighted by Gasteiger charge is 2.26. The number of nitrogens with zero attached hydrogens (tertiary/aromatic N) is 1. The van der Waals surface area contributed by atoms with Crippen molar-refractivity contribution in [3.63, 3.8) is 0 Å². The second kappa shape index (κ2) is 8.55. The molecule has 0 amide bonds. The monoisotopic (exact) mass is 369 g/mol. The van der Waals surface area contributed by atoms with Crippen LogP contribution in [-0.4, -0.2) is 22.7 Å². The van der Waals surface area contributed by atoms with Crippen molar-refractivity contribution in [2.45, 2.75) is 59.3 Å². The van der Waals surface area contributed by atoms with E-state index in [0.717, 1.165) is 29.7 Å². The molecule has 27 heavy (non-hydrogen) atoms. The first-order valence-corrected chi connectivity index (χ1v) is 9.54. The van der Waals surface area contributed by atoms with E-state index in [1.165, 1.54) is 0 Å². The third-order valence-electron chi connectivity index (χ3n) is 4.70. The molecule has 0 unspecified atom stereocenters. The van der Waals surface area contributed by atoms with Crippen LogP contribution in [0.25, 0.3) is 11.1 Å². The van der Waals surface area contributed by atoms with Crippen molar-refractivity contribution in [2.24, 2.45) is 5.41 Å². The second-order valence-electron chi connectivity index (χ2n) is 8.69. The third-order valence-corrected chi connectivity index (χ3v) is 4.70. The summed E-state index contributed by atoms with van der Waals surface area (Å²) >= 11 is 0. The Bertz CT molecular complexity index is 761. The summed E-state index contributed by atoms with van der Waals surface area (Å²) in [6.07, 6.45) is 2.25. The Morgan fingerprint density at radius 3 is 2.26 bits per heavy atom. The standard InChI is InChI=1S/C23H31NO3/c1-22(2,3)19-15-18(17-11-7-6-8-12-17)16-20(24-19)27-14-10-9-13-23(4,5)21(25)26/h6-8,11-12,15-16H,9-10,13-14H2,1-5H3,(H,25,26). The van der Waals surface area contributed by atoms with Gasteiger partial charge in [-0.25, -0.2) is 4.98 Å². The molecular formula is C23H31NO3. The van der Waals surface area contributed by atoms with Crippen molar-refractivity contribution in [3.05, 3.63) is 48.2 Å². The number of benzene rings is 1. The van der Waals surface area contributed by atoms with Crippen molar-refractivity contribution in [1.82, 2.24) is 4.98 Å². The largest absolute Gasteiger partial charge is 0.481 e. The van der Waals surface area contributed by atoms with Crippen molar-refractivity contribution in [1.29, 1.82) is 0 Å². The summed E-state index contributed by atoms with van der Waals surface area (Å²) in [5.74, 6) is -0.130. The van der Waals surface area contributed by atoms with E-state index in [9.17, 15) is 9.90 Å². The molecule has 1 heterocycles. The molecule has 4 nitrogen and oxygen atoms in total. The zero-order chi connectivity index (χ0) is 20.1. The van der Waals surface area contributed by atoms with E-state index in [1.54, 1.807) is 13.8 Å². The summed E-state index contributed by atoms with van der Waals surface area (Å²) in [4.78, 5) is 15.9. The predicted octanol–water partition coefficient (Wildman–Crippen LogP) is 5.71. The second-order valence-corrected chi connectivity index (χ2v) is 8.69. The van der Waals surface area contributed by atoms with Crippen LogP contribution in [0.15, 0.2) is 42.5 Å². The number of hydrogen-bond acceptors (Lipinski definition) is 3. The maximum absolute atomic E-state index is 11.2. The lowest BCUT2D eigenvalue weighted by atomic mass is 9.87. The highest BCUT2D eigenvalue weighted by atomic mass is 16.5. The number of rotatable bonds is 8. The molecule has 0 saturated carbocycles. The number of aliphatic carboxylic acids is 1. The van der Waals surface area contributed by atoms with E-state index in [-0.39, 0.29) is 5.41 Å². The van der Waals surface area contributed by atoms with Gasteiger partial charge in [-0.15, -0.1) is 0 Å². The Hall–Kier alpha value is -2.36. The zero-order valence-electron chi connectivity index (χ0n) is 17.1. The van der Waals surface area contributed by atoms with Crippen LogP contribution in [0, 0.1) is 5.41 Å². The molecule has 0 radical (unpaired) electrons. The lowest BCUT2D eigenvalue weighted by Gasteiger charge is -2.20. The van der Waals surface area contributed by atoms with Gasteiger partial charge in [0.1, 0.15) is 0 Å². The molecular weight excluding hydrogens is 338 g/mol. The summed E-state index contributed by atoms with van der Waals surface area (Å²) in [6.45, 7) is 10.5. The number of pyridine rings is 1. The van der Waals surface area contributed by atoms with Gasteiger partial charge in [-0.05, 0) is 50.3 Å². The van der Waals surface area contributed by atoms with E-state index >= 15 is 0 Å². The molecule has 1 aromatic carbocycles. The number of aromatic nitrogens is 1. The molecule has 4 heteroatoms. The van der Waals surface area contributed by atoms with Gasteiger partial charge in [-0.2, -0.15) is 0 Å². The number of hydrogen-bond donors (Lipinski definition) is 1. The molecule has 0 fully saturated rings. The van der Waals surface area contributed by atoms with E-state index in [0.29, 0.717) is 18.9 Å². The molecule has 0 saturated heterocycles. The number of carboxylic acid groups (broad SMARTS) is 1. The number of carbonyl (C=O) groups is 1. The third kappa shape index (κ3) is 6.09. The molecule has 2 rings (SSSR count). The molecule has 0 bridgehead atoms.